The first-order valence-corrected chi connectivity index (χ1v) is 4.45. The zero-order valence-corrected chi connectivity index (χ0v) is 8.73. The van der Waals surface area contributed by atoms with Crippen LogP contribution in [0.4, 0.5) is 0 Å². The third-order valence-electron chi connectivity index (χ3n) is 1.77. The minimum Gasteiger partial charge on any atom is -0.379 e. The summed E-state index contributed by atoms with van der Waals surface area (Å²) in [6.45, 7) is 5.03. The van der Waals surface area contributed by atoms with Gasteiger partial charge in [0.05, 0.1) is 13.2 Å². The van der Waals surface area contributed by atoms with Gasteiger partial charge in [0.2, 0.25) is 5.91 Å². The van der Waals surface area contributed by atoms with Gasteiger partial charge in [0.1, 0.15) is 0 Å². The first-order valence-electron chi connectivity index (χ1n) is 4.45. The molecule has 0 spiro atoms. The maximum absolute atomic E-state index is 11.1. The van der Waals surface area contributed by atoms with E-state index in [0.29, 0.717) is 19.6 Å². The van der Waals surface area contributed by atoms with Gasteiger partial charge in [0, 0.05) is 19.5 Å². The Morgan fingerprint density at radius 3 is 2.62 bits per heavy atom. The number of hydrogen-bond acceptors (Lipinski definition) is 3. The number of hydrazine groups is 1. The van der Waals surface area contributed by atoms with Crippen LogP contribution in [0.2, 0.25) is 0 Å². The van der Waals surface area contributed by atoms with Crippen molar-refractivity contribution in [3.8, 4) is 0 Å². The Kier molecular flexibility index (Phi) is 6.94. The van der Waals surface area contributed by atoms with Crippen LogP contribution in [-0.2, 0) is 9.53 Å². The molecular formula is C8H17ClN2O2. The van der Waals surface area contributed by atoms with Crippen LogP contribution in [0.25, 0.3) is 0 Å². The maximum atomic E-state index is 11.1. The number of nitrogens with zero attached hydrogens (tertiary/aromatic N) is 1. The van der Waals surface area contributed by atoms with Crippen LogP contribution in [-0.4, -0.2) is 37.2 Å². The number of morpholine rings is 1. The molecule has 1 heterocycles. The molecule has 4 nitrogen and oxygen atoms in total. The Bertz CT molecular complexity index is 149. The van der Waals surface area contributed by atoms with Crippen LogP contribution in [0.15, 0.2) is 0 Å². The molecule has 13 heavy (non-hydrogen) atoms. The molecule has 1 rings (SSSR count). The van der Waals surface area contributed by atoms with Gasteiger partial charge in [-0.3, -0.25) is 10.2 Å². The Labute approximate surface area is 85.0 Å². The van der Waals surface area contributed by atoms with Gasteiger partial charge in [-0.2, -0.15) is 0 Å². The summed E-state index contributed by atoms with van der Waals surface area (Å²) in [4.78, 5) is 11.1. The normalized spacial score (nSPS) is 17.6. The molecule has 78 valence electrons. The lowest BCUT2D eigenvalue weighted by molar-refractivity contribution is -0.128. The fraction of sp³-hybridized carbons (Fsp3) is 0.875. The zero-order chi connectivity index (χ0) is 8.81. The van der Waals surface area contributed by atoms with E-state index in [0.717, 1.165) is 19.5 Å². The molecule has 0 aromatic heterocycles. The second-order valence-electron chi connectivity index (χ2n) is 2.88. The Balaban J connectivity index is 0.00000144. The highest BCUT2D eigenvalue weighted by molar-refractivity contribution is 5.85. The van der Waals surface area contributed by atoms with Crippen molar-refractivity contribution in [2.75, 3.05) is 26.3 Å². The van der Waals surface area contributed by atoms with Gasteiger partial charge in [-0.05, 0) is 6.42 Å². The summed E-state index contributed by atoms with van der Waals surface area (Å²) in [5, 5.41) is 1.92. The van der Waals surface area contributed by atoms with Crippen molar-refractivity contribution < 1.29 is 9.53 Å². The van der Waals surface area contributed by atoms with E-state index in [2.05, 4.69) is 5.43 Å². The minimum atomic E-state index is 0. The Morgan fingerprint density at radius 2 is 2.08 bits per heavy atom. The van der Waals surface area contributed by atoms with Crippen molar-refractivity contribution in [2.24, 2.45) is 0 Å². The van der Waals surface area contributed by atoms with Gasteiger partial charge >= 0.3 is 0 Å². The SMILES string of the molecule is CCCC(=O)NN1CCOCC1.Cl. The van der Waals surface area contributed by atoms with Crippen molar-refractivity contribution in [2.45, 2.75) is 19.8 Å². The van der Waals surface area contributed by atoms with Crippen molar-refractivity contribution in [1.29, 1.82) is 0 Å². The zero-order valence-electron chi connectivity index (χ0n) is 7.91. The molecule has 0 radical (unpaired) electrons. The van der Waals surface area contributed by atoms with Gasteiger partial charge in [0.25, 0.3) is 0 Å². The van der Waals surface area contributed by atoms with Crippen molar-refractivity contribution in [3.05, 3.63) is 0 Å². The summed E-state index contributed by atoms with van der Waals surface area (Å²) in [6, 6.07) is 0. The third-order valence-corrected chi connectivity index (χ3v) is 1.77. The number of carbonyl (C=O) groups is 1. The lowest BCUT2D eigenvalue weighted by Gasteiger charge is -2.26. The minimum absolute atomic E-state index is 0. The standard InChI is InChI=1S/C8H16N2O2.ClH/c1-2-3-8(11)9-10-4-6-12-7-5-10;/h2-7H2,1H3,(H,9,11);1H. The summed E-state index contributed by atoms with van der Waals surface area (Å²) in [7, 11) is 0. The van der Waals surface area contributed by atoms with Crippen LogP contribution in [0.5, 0.6) is 0 Å². The molecule has 0 aromatic carbocycles. The fourth-order valence-corrected chi connectivity index (χ4v) is 1.13. The number of rotatable bonds is 3. The number of nitrogens with one attached hydrogen (secondary N) is 1. The second kappa shape index (κ2) is 7.12. The van der Waals surface area contributed by atoms with Gasteiger partial charge in [-0.15, -0.1) is 12.4 Å². The van der Waals surface area contributed by atoms with E-state index in [1.165, 1.54) is 0 Å². The lowest BCUT2D eigenvalue weighted by Crippen LogP contribution is -2.48. The fourth-order valence-electron chi connectivity index (χ4n) is 1.13. The average Bonchev–Trinajstić information content (AvgIpc) is 2.06. The molecule has 1 aliphatic heterocycles. The summed E-state index contributed by atoms with van der Waals surface area (Å²) in [5.41, 5.74) is 2.83. The van der Waals surface area contributed by atoms with Crippen LogP contribution in [0.1, 0.15) is 19.8 Å². The van der Waals surface area contributed by atoms with E-state index in [-0.39, 0.29) is 18.3 Å². The van der Waals surface area contributed by atoms with E-state index >= 15 is 0 Å². The number of carbonyl (C=O) groups excluding carboxylic acids is 1. The summed E-state index contributed by atoms with van der Waals surface area (Å²) < 4.78 is 5.15. The predicted molar refractivity (Wildman–Crippen MR) is 52.7 cm³/mol. The Morgan fingerprint density at radius 1 is 1.46 bits per heavy atom. The van der Waals surface area contributed by atoms with Crippen LogP contribution < -0.4 is 5.43 Å². The molecule has 0 unspecified atom stereocenters. The smallest absolute Gasteiger partial charge is 0.234 e. The number of amides is 1. The molecule has 0 atom stereocenters. The maximum Gasteiger partial charge on any atom is 0.234 e. The van der Waals surface area contributed by atoms with E-state index in [9.17, 15) is 4.79 Å². The van der Waals surface area contributed by atoms with Crippen molar-refractivity contribution in [3.63, 3.8) is 0 Å². The molecule has 1 fully saturated rings. The van der Waals surface area contributed by atoms with E-state index < -0.39 is 0 Å². The highest BCUT2D eigenvalue weighted by Crippen LogP contribution is 1.94. The quantitative estimate of drug-likeness (QED) is 0.738. The highest BCUT2D eigenvalue weighted by atomic mass is 35.5. The molecule has 0 bridgehead atoms. The van der Waals surface area contributed by atoms with E-state index in [1.54, 1.807) is 0 Å². The number of halogens is 1. The summed E-state index contributed by atoms with van der Waals surface area (Å²) in [5.74, 6) is 0.111. The molecule has 1 amide bonds. The van der Waals surface area contributed by atoms with Crippen LogP contribution >= 0.6 is 12.4 Å². The van der Waals surface area contributed by atoms with E-state index in [4.69, 9.17) is 4.74 Å². The first kappa shape index (κ1) is 12.7. The van der Waals surface area contributed by atoms with Gasteiger partial charge in [-0.25, -0.2) is 5.01 Å². The molecule has 0 saturated carbocycles. The summed E-state index contributed by atoms with van der Waals surface area (Å²) >= 11 is 0. The highest BCUT2D eigenvalue weighted by Gasteiger charge is 2.11. The van der Waals surface area contributed by atoms with Crippen LogP contribution in [0, 0.1) is 0 Å². The van der Waals surface area contributed by atoms with E-state index in [1.807, 2.05) is 11.9 Å². The van der Waals surface area contributed by atoms with Gasteiger partial charge in [-0.1, -0.05) is 6.92 Å². The number of hydrogen-bond donors (Lipinski definition) is 1. The Hall–Kier alpha value is -0.320. The van der Waals surface area contributed by atoms with Gasteiger partial charge < -0.3 is 4.74 Å². The van der Waals surface area contributed by atoms with Gasteiger partial charge in [0.15, 0.2) is 0 Å². The van der Waals surface area contributed by atoms with Crippen LogP contribution in [0.3, 0.4) is 0 Å². The predicted octanol–water partition coefficient (Wildman–Crippen LogP) is 0.572. The topological polar surface area (TPSA) is 41.6 Å². The summed E-state index contributed by atoms with van der Waals surface area (Å²) in [6.07, 6.45) is 1.51. The second-order valence-corrected chi connectivity index (χ2v) is 2.88. The molecule has 5 heteroatoms. The van der Waals surface area contributed by atoms with Crippen molar-refractivity contribution in [1.82, 2.24) is 10.4 Å². The molecule has 1 aliphatic rings. The third kappa shape index (κ3) is 5.08. The first-order chi connectivity index (χ1) is 5.83. The molecule has 1 saturated heterocycles. The number of ether oxygens (including phenoxy) is 1. The molecule has 1 N–H and O–H groups in total. The monoisotopic (exact) mass is 208 g/mol. The average molecular weight is 209 g/mol. The van der Waals surface area contributed by atoms with Crippen molar-refractivity contribution >= 4 is 18.3 Å². The lowest BCUT2D eigenvalue weighted by atomic mass is 10.3. The molecule has 0 aliphatic carbocycles. The molecule has 0 aromatic rings. The largest absolute Gasteiger partial charge is 0.379 e. The molecular weight excluding hydrogens is 192 g/mol.